The van der Waals surface area contributed by atoms with E-state index in [0.29, 0.717) is 0 Å². The molecule has 1 rings (SSSR count). The molecule has 0 bridgehead atoms. The molecule has 0 atom stereocenters. The van der Waals surface area contributed by atoms with Crippen LogP contribution in [0.1, 0.15) is 12.0 Å². The largest absolute Gasteiger partial charge is 0.396 e. The lowest BCUT2D eigenvalue weighted by Crippen LogP contribution is -2.09. The number of aromatic nitrogens is 1. The van der Waals surface area contributed by atoms with Crippen LogP contribution in [0.3, 0.4) is 0 Å². The fourth-order valence-electron chi connectivity index (χ4n) is 1.04. The zero-order valence-electron chi connectivity index (χ0n) is 7.16. The van der Waals surface area contributed by atoms with Crippen molar-refractivity contribution in [3.8, 4) is 0 Å². The van der Waals surface area contributed by atoms with Gasteiger partial charge in [-0.05, 0) is 13.3 Å². The molecule has 0 unspecified atom stereocenters. The third-order valence-corrected chi connectivity index (χ3v) is 1.74. The summed E-state index contributed by atoms with van der Waals surface area (Å²) in [5.41, 5.74) is 0.811. The van der Waals surface area contributed by atoms with Crippen molar-refractivity contribution in [2.24, 2.45) is 0 Å². The van der Waals surface area contributed by atoms with Gasteiger partial charge in [0.05, 0.1) is 0 Å². The number of hydrogen-bond acceptors (Lipinski definition) is 2. The highest BCUT2D eigenvalue weighted by Crippen LogP contribution is 1.92. The van der Waals surface area contributed by atoms with Gasteiger partial charge in [0.15, 0.2) is 5.43 Å². The van der Waals surface area contributed by atoms with Gasteiger partial charge in [0, 0.05) is 37.2 Å². The number of pyridine rings is 1. The molecule has 1 aromatic heterocycles. The molecule has 0 saturated carbocycles. The van der Waals surface area contributed by atoms with Crippen molar-refractivity contribution in [1.82, 2.24) is 4.57 Å². The minimum atomic E-state index is 0.0650. The maximum absolute atomic E-state index is 11.0. The van der Waals surface area contributed by atoms with E-state index >= 15 is 0 Å². The minimum absolute atomic E-state index is 0.0650. The zero-order valence-corrected chi connectivity index (χ0v) is 7.16. The van der Waals surface area contributed by atoms with E-state index in [9.17, 15) is 4.79 Å². The van der Waals surface area contributed by atoms with Crippen molar-refractivity contribution >= 4 is 0 Å². The number of aliphatic hydroxyl groups excluding tert-OH is 1. The Bertz CT molecular complexity index is 304. The summed E-state index contributed by atoms with van der Waals surface area (Å²) in [5, 5.41) is 8.58. The van der Waals surface area contributed by atoms with E-state index in [2.05, 4.69) is 0 Å². The number of aryl methyl sites for hydroxylation is 2. The molecule has 0 aliphatic rings. The molecule has 12 heavy (non-hydrogen) atoms. The van der Waals surface area contributed by atoms with E-state index in [1.165, 1.54) is 0 Å². The molecule has 0 radical (unpaired) electrons. The van der Waals surface area contributed by atoms with Crippen LogP contribution in [0.15, 0.2) is 23.3 Å². The van der Waals surface area contributed by atoms with Crippen molar-refractivity contribution in [2.45, 2.75) is 19.9 Å². The summed E-state index contributed by atoms with van der Waals surface area (Å²) in [4.78, 5) is 11.0. The second-order valence-corrected chi connectivity index (χ2v) is 2.81. The second-order valence-electron chi connectivity index (χ2n) is 2.81. The SMILES string of the molecule is Cc1cn(CCCO)ccc1=O. The Kier molecular flexibility index (Phi) is 3.05. The van der Waals surface area contributed by atoms with Gasteiger partial charge in [-0.25, -0.2) is 0 Å². The number of nitrogens with zero attached hydrogens (tertiary/aromatic N) is 1. The van der Waals surface area contributed by atoms with Gasteiger partial charge in [-0.2, -0.15) is 0 Å². The Balaban J connectivity index is 2.75. The molecule has 66 valence electrons. The Morgan fingerprint density at radius 2 is 2.33 bits per heavy atom. The average Bonchev–Trinajstić information content (AvgIpc) is 2.07. The fourth-order valence-corrected chi connectivity index (χ4v) is 1.04. The highest BCUT2D eigenvalue weighted by molar-refractivity contribution is 5.07. The summed E-state index contributed by atoms with van der Waals surface area (Å²) in [6.07, 6.45) is 4.27. The van der Waals surface area contributed by atoms with Crippen LogP contribution in [0, 0.1) is 6.92 Å². The first-order chi connectivity index (χ1) is 5.74. The van der Waals surface area contributed by atoms with E-state index in [-0.39, 0.29) is 12.0 Å². The van der Waals surface area contributed by atoms with Crippen LogP contribution in [0.25, 0.3) is 0 Å². The molecule has 1 heterocycles. The van der Waals surface area contributed by atoms with Gasteiger partial charge in [0.2, 0.25) is 0 Å². The van der Waals surface area contributed by atoms with Gasteiger partial charge in [0.1, 0.15) is 0 Å². The number of hydrogen-bond donors (Lipinski definition) is 1. The van der Waals surface area contributed by atoms with Crippen LogP contribution in [0.2, 0.25) is 0 Å². The second kappa shape index (κ2) is 4.07. The van der Waals surface area contributed by atoms with Crippen LogP contribution in [0.4, 0.5) is 0 Å². The number of aliphatic hydroxyl groups is 1. The Morgan fingerprint density at radius 3 is 2.92 bits per heavy atom. The maximum Gasteiger partial charge on any atom is 0.184 e. The molecule has 0 aliphatic heterocycles. The summed E-state index contributed by atoms with van der Waals surface area (Å²) >= 11 is 0. The van der Waals surface area contributed by atoms with Crippen LogP contribution in [0.5, 0.6) is 0 Å². The first kappa shape index (κ1) is 9.00. The Hall–Kier alpha value is -1.09. The van der Waals surface area contributed by atoms with Crippen LogP contribution >= 0.6 is 0 Å². The predicted molar refractivity (Wildman–Crippen MR) is 47.1 cm³/mol. The lowest BCUT2D eigenvalue weighted by molar-refractivity contribution is 0.279. The fraction of sp³-hybridized carbons (Fsp3) is 0.444. The first-order valence-corrected chi connectivity index (χ1v) is 4.01. The summed E-state index contributed by atoms with van der Waals surface area (Å²) in [6.45, 7) is 2.74. The lowest BCUT2D eigenvalue weighted by Gasteiger charge is -2.04. The Morgan fingerprint density at radius 1 is 1.58 bits per heavy atom. The standard InChI is InChI=1S/C9H13NO2/c1-8-7-10(4-2-6-11)5-3-9(8)12/h3,5,7,11H,2,4,6H2,1H3. The normalized spacial score (nSPS) is 10.2. The van der Waals surface area contributed by atoms with Crippen molar-refractivity contribution in [1.29, 1.82) is 0 Å². The molecule has 0 aromatic carbocycles. The highest BCUT2D eigenvalue weighted by Gasteiger charge is 1.93. The van der Waals surface area contributed by atoms with Gasteiger partial charge in [-0.3, -0.25) is 4.79 Å². The Labute approximate surface area is 71.3 Å². The van der Waals surface area contributed by atoms with Gasteiger partial charge in [-0.1, -0.05) is 0 Å². The molecule has 0 fully saturated rings. The van der Waals surface area contributed by atoms with Crippen LogP contribution < -0.4 is 5.43 Å². The number of rotatable bonds is 3. The van der Waals surface area contributed by atoms with E-state index in [0.717, 1.165) is 18.5 Å². The molecule has 3 nitrogen and oxygen atoms in total. The van der Waals surface area contributed by atoms with E-state index in [1.807, 2.05) is 4.57 Å². The maximum atomic E-state index is 11.0. The molecule has 1 aromatic rings. The first-order valence-electron chi connectivity index (χ1n) is 4.01. The molecule has 0 saturated heterocycles. The predicted octanol–water partition coefficient (Wildman–Crippen LogP) is 0.539. The van der Waals surface area contributed by atoms with Crippen molar-refractivity contribution in [2.75, 3.05) is 6.61 Å². The van der Waals surface area contributed by atoms with Crippen molar-refractivity contribution in [3.05, 3.63) is 34.2 Å². The van der Waals surface area contributed by atoms with Crippen molar-refractivity contribution in [3.63, 3.8) is 0 Å². The van der Waals surface area contributed by atoms with Gasteiger partial charge >= 0.3 is 0 Å². The van der Waals surface area contributed by atoms with E-state index < -0.39 is 0 Å². The van der Waals surface area contributed by atoms with Gasteiger partial charge < -0.3 is 9.67 Å². The lowest BCUT2D eigenvalue weighted by atomic mass is 10.3. The smallest absolute Gasteiger partial charge is 0.184 e. The zero-order chi connectivity index (χ0) is 8.97. The summed E-state index contributed by atoms with van der Waals surface area (Å²) in [5.74, 6) is 0. The van der Waals surface area contributed by atoms with Gasteiger partial charge in [-0.15, -0.1) is 0 Å². The minimum Gasteiger partial charge on any atom is -0.396 e. The quantitative estimate of drug-likeness (QED) is 0.714. The molecule has 0 spiro atoms. The monoisotopic (exact) mass is 167 g/mol. The molecule has 1 N–H and O–H groups in total. The third kappa shape index (κ3) is 2.20. The molecular formula is C9H13NO2. The van der Waals surface area contributed by atoms with Crippen LogP contribution in [-0.2, 0) is 6.54 Å². The van der Waals surface area contributed by atoms with E-state index in [1.54, 1.807) is 25.4 Å². The molecular weight excluding hydrogens is 154 g/mol. The molecule has 0 aliphatic carbocycles. The molecule has 3 heteroatoms. The van der Waals surface area contributed by atoms with E-state index in [4.69, 9.17) is 5.11 Å². The summed E-state index contributed by atoms with van der Waals surface area (Å²) in [6, 6.07) is 1.55. The topological polar surface area (TPSA) is 42.2 Å². The summed E-state index contributed by atoms with van der Waals surface area (Å²) < 4.78 is 1.91. The average molecular weight is 167 g/mol. The van der Waals surface area contributed by atoms with Crippen molar-refractivity contribution < 1.29 is 5.11 Å². The van der Waals surface area contributed by atoms with Gasteiger partial charge in [0.25, 0.3) is 0 Å². The molecule has 0 amide bonds. The highest BCUT2D eigenvalue weighted by atomic mass is 16.3. The third-order valence-electron chi connectivity index (χ3n) is 1.74. The summed E-state index contributed by atoms with van der Waals surface area (Å²) in [7, 11) is 0. The van der Waals surface area contributed by atoms with Crippen LogP contribution in [-0.4, -0.2) is 16.3 Å².